The van der Waals surface area contributed by atoms with Crippen molar-refractivity contribution in [3.05, 3.63) is 70.8 Å². The van der Waals surface area contributed by atoms with E-state index in [9.17, 15) is 13.9 Å². The Morgan fingerprint density at radius 2 is 1.90 bits per heavy atom. The lowest BCUT2D eigenvalue weighted by Crippen LogP contribution is -2.25. The molecule has 0 aliphatic carbocycles. The van der Waals surface area contributed by atoms with Crippen LogP contribution in [0.1, 0.15) is 35.8 Å². The Hall–Kier alpha value is -1.78. The SMILES string of the molecule is Cc1cccc([C@@H](C)NCC(O)c2ccc(F)cc2F)c1. The number of hydrogen-bond acceptors (Lipinski definition) is 2. The van der Waals surface area contributed by atoms with E-state index in [1.54, 1.807) is 0 Å². The van der Waals surface area contributed by atoms with E-state index >= 15 is 0 Å². The van der Waals surface area contributed by atoms with Crippen LogP contribution >= 0.6 is 0 Å². The topological polar surface area (TPSA) is 32.3 Å². The second-order valence-corrected chi connectivity index (χ2v) is 5.23. The number of aryl methyl sites for hydroxylation is 1. The average molecular weight is 291 g/mol. The molecule has 0 saturated carbocycles. The fourth-order valence-electron chi connectivity index (χ4n) is 2.23. The lowest BCUT2D eigenvalue weighted by molar-refractivity contribution is 0.166. The largest absolute Gasteiger partial charge is 0.387 e. The fourth-order valence-corrected chi connectivity index (χ4v) is 2.23. The molecule has 4 heteroatoms. The number of aliphatic hydroxyl groups excluding tert-OH is 1. The van der Waals surface area contributed by atoms with E-state index in [-0.39, 0.29) is 18.2 Å². The number of aliphatic hydroxyl groups is 1. The number of rotatable bonds is 5. The number of nitrogens with one attached hydrogen (secondary N) is 1. The van der Waals surface area contributed by atoms with Crippen LogP contribution in [0.25, 0.3) is 0 Å². The standard InChI is InChI=1S/C17H19F2NO/c1-11-4-3-5-13(8-11)12(2)20-10-17(21)15-7-6-14(18)9-16(15)19/h3-9,12,17,20-21H,10H2,1-2H3/t12-,17?/m1/s1. The molecule has 0 spiro atoms. The molecule has 0 heterocycles. The first-order chi connectivity index (χ1) is 9.97. The van der Waals surface area contributed by atoms with E-state index in [0.29, 0.717) is 0 Å². The summed E-state index contributed by atoms with van der Waals surface area (Å²) in [6.07, 6.45) is -1.02. The zero-order chi connectivity index (χ0) is 15.4. The van der Waals surface area contributed by atoms with Crippen LogP contribution in [0.5, 0.6) is 0 Å². The van der Waals surface area contributed by atoms with Crippen molar-refractivity contribution in [3.8, 4) is 0 Å². The summed E-state index contributed by atoms with van der Waals surface area (Å²) in [5.74, 6) is -1.38. The van der Waals surface area contributed by atoms with Crippen molar-refractivity contribution in [1.82, 2.24) is 5.32 Å². The van der Waals surface area contributed by atoms with E-state index in [1.165, 1.54) is 6.07 Å². The Morgan fingerprint density at radius 3 is 2.57 bits per heavy atom. The van der Waals surface area contributed by atoms with Gasteiger partial charge in [-0.3, -0.25) is 0 Å². The van der Waals surface area contributed by atoms with Gasteiger partial charge in [0.2, 0.25) is 0 Å². The summed E-state index contributed by atoms with van der Waals surface area (Å²) >= 11 is 0. The molecular formula is C17H19F2NO. The van der Waals surface area contributed by atoms with Crippen LogP contribution in [0.15, 0.2) is 42.5 Å². The third-order valence-corrected chi connectivity index (χ3v) is 3.48. The van der Waals surface area contributed by atoms with Gasteiger partial charge in [-0.2, -0.15) is 0 Å². The summed E-state index contributed by atoms with van der Waals surface area (Å²) in [7, 11) is 0. The van der Waals surface area contributed by atoms with Crippen LogP contribution in [-0.4, -0.2) is 11.7 Å². The first kappa shape index (κ1) is 15.6. The predicted molar refractivity (Wildman–Crippen MR) is 78.9 cm³/mol. The molecule has 21 heavy (non-hydrogen) atoms. The molecule has 0 aliphatic rings. The molecule has 2 rings (SSSR count). The first-order valence-electron chi connectivity index (χ1n) is 6.90. The van der Waals surface area contributed by atoms with Crippen LogP contribution < -0.4 is 5.32 Å². The number of halogens is 2. The van der Waals surface area contributed by atoms with E-state index in [2.05, 4.69) is 11.4 Å². The number of hydrogen-bond donors (Lipinski definition) is 2. The van der Waals surface area contributed by atoms with Crippen molar-refractivity contribution < 1.29 is 13.9 Å². The second-order valence-electron chi connectivity index (χ2n) is 5.23. The Balaban J connectivity index is 1.99. The highest BCUT2D eigenvalue weighted by Crippen LogP contribution is 2.19. The average Bonchev–Trinajstić information content (AvgIpc) is 2.44. The number of benzene rings is 2. The zero-order valence-corrected chi connectivity index (χ0v) is 12.1. The molecule has 2 aromatic carbocycles. The molecule has 2 atom stereocenters. The van der Waals surface area contributed by atoms with Crippen LogP contribution in [-0.2, 0) is 0 Å². The highest BCUT2D eigenvalue weighted by atomic mass is 19.1. The van der Waals surface area contributed by atoms with Crippen molar-refractivity contribution in [2.24, 2.45) is 0 Å². The summed E-state index contributed by atoms with van der Waals surface area (Å²) in [4.78, 5) is 0. The van der Waals surface area contributed by atoms with Crippen LogP contribution in [0, 0.1) is 18.6 Å². The Bertz CT molecular complexity index is 615. The van der Waals surface area contributed by atoms with Crippen molar-refractivity contribution >= 4 is 0 Å². The molecule has 0 bridgehead atoms. The van der Waals surface area contributed by atoms with Crippen LogP contribution in [0.3, 0.4) is 0 Å². The van der Waals surface area contributed by atoms with Gasteiger partial charge in [0, 0.05) is 24.2 Å². The van der Waals surface area contributed by atoms with E-state index in [0.717, 1.165) is 23.3 Å². The maximum atomic E-state index is 13.6. The van der Waals surface area contributed by atoms with Gasteiger partial charge in [-0.25, -0.2) is 8.78 Å². The minimum Gasteiger partial charge on any atom is -0.387 e. The normalized spacial score (nSPS) is 14.0. The van der Waals surface area contributed by atoms with Gasteiger partial charge in [-0.1, -0.05) is 35.9 Å². The summed E-state index contributed by atoms with van der Waals surface area (Å²) in [5.41, 5.74) is 2.35. The molecule has 0 fully saturated rings. The van der Waals surface area contributed by atoms with Crippen LogP contribution in [0.4, 0.5) is 8.78 Å². The van der Waals surface area contributed by atoms with Crippen molar-refractivity contribution in [2.75, 3.05) is 6.54 Å². The highest BCUT2D eigenvalue weighted by Gasteiger charge is 2.15. The van der Waals surface area contributed by atoms with Gasteiger partial charge in [0.1, 0.15) is 11.6 Å². The minimum atomic E-state index is -1.02. The molecule has 2 aromatic rings. The quantitative estimate of drug-likeness (QED) is 0.881. The summed E-state index contributed by atoms with van der Waals surface area (Å²) < 4.78 is 26.4. The summed E-state index contributed by atoms with van der Waals surface area (Å²) in [6, 6.07) is 11.3. The Labute approximate surface area is 123 Å². The minimum absolute atomic E-state index is 0.0306. The fraction of sp³-hybridized carbons (Fsp3) is 0.294. The molecule has 2 nitrogen and oxygen atoms in total. The van der Waals surface area contributed by atoms with Crippen molar-refractivity contribution in [3.63, 3.8) is 0 Å². The second kappa shape index (κ2) is 6.78. The maximum Gasteiger partial charge on any atom is 0.131 e. The monoisotopic (exact) mass is 291 g/mol. The van der Waals surface area contributed by atoms with Gasteiger partial charge in [-0.15, -0.1) is 0 Å². The first-order valence-corrected chi connectivity index (χ1v) is 6.90. The molecule has 112 valence electrons. The zero-order valence-electron chi connectivity index (χ0n) is 12.1. The molecule has 2 N–H and O–H groups in total. The molecule has 0 saturated heterocycles. The molecule has 0 amide bonds. The van der Waals surface area contributed by atoms with Gasteiger partial charge < -0.3 is 10.4 Å². The van der Waals surface area contributed by atoms with E-state index < -0.39 is 17.7 Å². The van der Waals surface area contributed by atoms with Gasteiger partial charge in [0.05, 0.1) is 6.10 Å². The third-order valence-electron chi connectivity index (χ3n) is 3.48. The molecule has 0 radical (unpaired) electrons. The summed E-state index contributed by atoms with van der Waals surface area (Å²) in [6.45, 7) is 4.18. The smallest absolute Gasteiger partial charge is 0.131 e. The van der Waals surface area contributed by atoms with Crippen molar-refractivity contribution in [1.29, 1.82) is 0 Å². The third kappa shape index (κ3) is 4.09. The van der Waals surface area contributed by atoms with E-state index in [1.807, 2.05) is 32.0 Å². The summed E-state index contributed by atoms with van der Waals surface area (Å²) in [5, 5.41) is 13.2. The van der Waals surface area contributed by atoms with Crippen LogP contribution in [0.2, 0.25) is 0 Å². The van der Waals surface area contributed by atoms with Crippen molar-refractivity contribution in [2.45, 2.75) is 26.0 Å². The Kier molecular flexibility index (Phi) is 5.04. The van der Waals surface area contributed by atoms with Gasteiger partial charge >= 0.3 is 0 Å². The molecule has 0 aromatic heterocycles. The molecule has 1 unspecified atom stereocenters. The lowest BCUT2D eigenvalue weighted by atomic mass is 10.0. The maximum absolute atomic E-state index is 13.6. The van der Waals surface area contributed by atoms with Gasteiger partial charge in [-0.05, 0) is 25.5 Å². The molecule has 0 aliphatic heterocycles. The van der Waals surface area contributed by atoms with E-state index in [4.69, 9.17) is 0 Å². The highest BCUT2D eigenvalue weighted by molar-refractivity contribution is 5.25. The van der Waals surface area contributed by atoms with Gasteiger partial charge in [0.15, 0.2) is 0 Å². The predicted octanol–water partition coefficient (Wildman–Crippen LogP) is 3.66. The molecular weight excluding hydrogens is 272 g/mol. The van der Waals surface area contributed by atoms with Gasteiger partial charge in [0.25, 0.3) is 0 Å². The lowest BCUT2D eigenvalue weighted by Gasteiger charge is -2.18. The Morgan fingerprint density at radius 1 is 1.14 bits per heavy atom.